The fraction of sp³-hybridized carbons (Fsp3) is 0.300. The Bertz CT molecular complexity index is 432. The molecule has 0 radical (unpaired) electrons. The van der Waals surface area contributed by atoms with Gasteiger partial charge in [0.15, 0.2) is 0 Å². The van der Waals surface area contributed by atoms with Gasteiger partial charge in [0.1, 0.15) is 5.82 Å². The quantitative estimate of drug-likeness (QED) is 0.783. The highest BCUT2D eigenvalue weighted by Crippen LogP contribution is 2.22. The van der Waals surface area contributed by atoms with Gasteiger partial charge in [-0.1, -0.05) is 0 Å². The van der Waals surface area contributed by atoms with Crippen LogP contribution < -0.4 is 0 Å². The summed E-state index contributed by atoms with van der Waals surface area (Å²) in [6, 6.07) is 4.04. The Balaban J connectivity index is 2.41. The molecule has 0 saturated heterocycles. The Morgan fingerprint density at radius 2 is 1.93 bits per heavy atom. The molecule has 0 saturated carbocycles. The molecule has 0 fully saturated rings. The van der Waals surface area contributed by atoms with E-state index in [1.807, 2.05) is 23.6 Å². The number of pyridine rings is 1. The normalized spacial score (nSPS) is 12.7. The van der Waals surface area contributed by atoms with E-state index < -0.39 is 0 Å². The van der Waals surface area contributed by atoms with E-state index in [-0.39, 0.29) is 6.04 Å². The molecule has 0 aromatic carbocycles. The monoisotopic (exact) mass is 222 g/mol. The second-order valence-corrected chi connectivity index (χ2v) is 3.68. The molecule has 0 aliphatic heterocycles. The lowest BCUT2D eigenvalue weighted by molar-refractivity contribution is 0.618. The van der Waals surface area contributed by atoms with Crippen molar-refractivity contribution in [3.05, 3.63) is 41.2 Å². The van der Waals surface area contributed by atoms with E-state index in [1.54, 1.807) is 12.4 Å². The minimum atomic E-state index is 0.121. The Morgan fingerprint density at radius 3 is 2.47 bits per heavy atom. The Kier molecular flexibility index (Phi) is 2.68. The van der Waals surface area contributed by atoms with Gasteiger partial charge in [-0.3, -0.25) is 9.55 Å². The lowest BCUT2D eigenvalue weighted by Crippen LogP contribution is -2.08. The second-order valence-electron chi connectivity index (χ2n) is 3.34. The molecule has 2 rings (SSSR count). The second kappa shape index (κ2) is 3.98. The molecule has 0 bridgehead atoms. The maximum Gasteiger partial charge on any atom is 0.225 e. The summed E-state index contributed by atoms with van der Waals surface area (Å²) in [5, 5.41) is 8.17. The SMILES string of the molecule is Cc1nnc(Cl)n1C(C)c1ccncc1. The Morgan fingerprint density at radius 1 is 1.27 bits per heavy atom. The molecule has 78 valence electrons. The van der Waals surface area contributed by atoms with Crippen LogP contribution in [0.2, 0.25) is 5.28 Å². The van der Waals surface area contributed by atoms with E-state index in [0.29, 0.717) is 5.28 Å². The third-order valence-corrected chi connectivity index (χ3v) is 2.66. The molecule has 4 nitrogen and oxygen atoms in total. The number of aryl methyl sites for hydroxylation is 1. The van der Waals surface area contributed by atoms with Crippen LogP contribution in [0.4, 0.5) is 0 Å². The minimum absolute atomic E-state index is 0.121. The average Bonchev–Trinajstić information content (AvgIpc) is 2.59. The molecular formula is C10H11ClN4. The smallest absolute Gasteiger partial charge is 0.225 e. The summed E-state index contributed by atoms with van der Waals surface area (Å²) in [7, 11) is 0. The lowest BCUT2D eigenvalue weighted by atomic mass is 10.1. The van der Waals surface area contributed by atoms with Crippen molar-refractivity contribution in [2.45, 2.75) is 19.9 Å². The van der Waals surface area contributed by atoms with Crippen molar-refractivity contribution in [2.75, 3.05) is 0 Å². The third-order valence-electron chi connectivity index (χ3n) is 2.40. The predicted molar refractivity (Wildman–Crippen MR) is 57.8 cm³/mol. The van der Waals surface area contributed by atoms with Crippen LogP contribution in [-0.2, 0) is 0 Å². The van der Waals surface area contributed by atoms with Gasteiger partial charge in [-0.15, -0.1) is 10.2 Å². The molecule has 15 heavy (non-hydrogen) atoms. The van der Waals surface area contributed by atoms with Gasteiger partial charge in [-0.05, 0) is 43.1 Å². The number of rotatable bonds is 2. The van der Waals surface area contributed by atoms with Gasteiger partial charge in [0.05, 0.1) is 6.04 Å². The van der Waals surface area contributed by atoms with Crippen LogP contribution in [0.15, 0.2) is 24.5 Å². The van der Waals surface area contributed by atoms with Crippen molar-refractivity contribution in [1.82, 2.24) is 19.7 Å². The van der Waals surface area contributed by atoms with Crippen molar-refractivity contribution in [3.63, 3.8) is 0 Å². The van der Waals surface area contributed by atoms with Crippen molar-refractivity contribution in [1.29, 1.82) is 0 Å². The van der Waals surface area contributed by atoms with E-state index in [4.69, 9.17) is 11.6 Å². The summed E-state index contributed by atoms with van der Waals surface area (Å²) in [5.74, 6) is 0.810. The van der Waals surface area contributed by atoms with E-state index in [2.05, 4.69) is 22.1 Å². The van der Waals surface area contributed by atoms with Crippen LogP contribution in [-0.4, -0.2) is 19.7 Å². The molecule has 0 spiro atoms. The van der Waals surface area contributed by atoms with Crippen LogP contribution >= 0.6 is 11.6 Å². The topological polar surface area (TPSA) is 43.6 Å². The van der Waals surface area contributed by atoms with Gasteiger partial charge in [0.2, 0.25) is 5.28 Å². The van der Waals surface area contributed by atoms with Crippen LogP contribution in [0, 0.1) is 6.92 Å². The molecule has 1 atom stereocenters. The first-order valence-corrected chi connectivity index (χ1v) is 5.05. The summed E-state index contributed by atoms with van der Waals surface area (Å²) >= 11 is 5.96. The summed E-state index contributed by atoms with van der Waals surface area (Å²) in [6.45, 7) is 3.94. The molecule has 2 heterocycles. The van der Waals surface area contributed by atoms with Crippen molar-refractivity contribution < 1.29 is 0 Å². The molecule has 0 N–H and O–H groups in total. The van der Waals surface area contributed by atoms with E-state index >= 15 is 0 Å². The highest BCUT2D eigenvalue weighted by molar-refractivity contribution is 6.28. The highest BCUT2D eigenvalue weighted by Gasteiger charge is 2.14. The van der Waals surface area contributed by atoms with Gasteiger partial charge in [-0.2, -0.15) is 0 Å². The van der Waals surface area contributed by atoms with Gasteiger partial charge < -0.3 is 0 Å². The first kappa shape index (κ1) is 10.1. The minimum Gasteiger partial charge on any atom is -0.295 e. The van der Waals surface area contributed by atoms with Crippen LogP contribution in [0.25, 0.3) is 0 Å². The summed E-state index contributed by atoms with van der Waals surface area (Å²) in [6.07, 6.45) is 3.53. The van der Waals surface area contributed by atoms with Crippen molar-refractivity contribution in [2.24, 2.45) is 0 Å². The fourth-order valence-corrected chi connectivity index (χ4v) is 1.88. The fourth-order valence-electron chi connectivity index (χ4n) is 1.57. The summed E-state index contributed by atoms with van der Waals surface area (Å²) < 4.78 is 1.89. The van der Waals surface area contributed by atoms with E-state index in [0.717, 1.165) is 11.4 Å². The van der Waals surface area contributed by atoms with Crippen molar-refractivity contribution in [3.8, 4) is 0 Å². The number of halogens is 1. The largest absolute Gasteiger partial charge is 0.295 e. The number of nitrogens with zero attached hydrogens (tertiary/aromatic N) is 4. The van der Waals surface area contributed by atoms with E-state index in [1.165, 1.54) is 0 Å². The molecule has 5 heteroatoms. The lowest BCUT2D eigenvalue weighted by Gasteiger charge is -2.15. The zero-order valence-corrected chi connectivity index (χ0v) is 9.31. The van der Waals surface area contributed by atoms with Gasteiger partial charge in [0.25, 0.3) is 0 Å². The number of aromatic nitrogens is 4. The summed E-state index contributed by atoms with van der Waals surface area (Å²) in [4.78, 5) is 3.98. The zero-order valence-electron chi connectivity index (χ0n) is 8.55. The summed E-state index contributed by atoms with van der Waals surface area (Å²) in [5.41, 5.74) is 1.13. The molecule has 1 unspecified atom stereocenters. The maximum atomic E-state index is 5.96. The molecule has 2 aromatic heterocycles. The van der Waals surface area contributed by atoms with Crippen LogP contribution in [0.1, 0.15) is 24.4 Å². The van der Waals surface area contributed by atoms with Gasteiger partial charge in [0, 0.05) is 12.4 Å². The van der Waals surface area contributed by atoms with Gasteiger partial charge >= 0.3 is 0 Å². The molecule has 0 aliphatic carbocycles. The maximum absolute atomic E-state index is 5.96. The van der Waals surface area contributed by atoms with Crippen LogP contribution in [0.3, 0.4) is 0 Å². The Labute approximate surface area is 92.9 Å². The highest BCUT2D eigenvalue weighted by atomic mass is 35.5. The van der Waals surface area contributed by atoms with Crippen molar-refractivity contribution >= 4 is 11.6 Å². The molecule has 0 aliphatic rings. The molecule has 0 amide bonds. The molecule has 2 aromatic rings. The first-order chi connectivity index (χ1) is 7.20. The molecular weight excluding hydrogens is 212 g/mol. The number of hydrogen-bond acceptors (Lipinski definition) is 3. The standard InChI is InChI=1S/C10H11ClN4/c1-7(9-3-5-12-6-4-9)15-8(2)13-14-10(15)11/h3-7H,1-2H3. The number of hydrogen-bond donors (Lipinski definition) is 0. The Hall–Kier alpha value is -1.42. The zero-order chi connectivity index (χ0) is 10.8. The van der Waals surface area contributed by atoms with E-state index in [9.17, 15) is 0 Å². The average molecular weight is 223 g/mol. The first-order valence-electron chi connectivity index (χ1n) is 4.67. The van der Waals surface area contributed by atoms with Gasteiger partial charge in [-0.25, -0.2) is 0 Å². The van der Waals surface area contributed by atoms with Crippen LogP contribution in [0.5, 0.6) is 0 Å². The predicted octanol–water partition coefficient (Wildman–Crippen LogP) is 2.24. The third kappa shape index (κ3) is 1.85.